The van der Waals surface area contributed by atoms with Crippen LogP contribution >= 0.6 is 22.6 Å². The first-order valence-corrected chi connectivity index (χ1v) is 7.64. The van der Waals surface area contributed by atoms with E-state index < -0.39 is 23.5 Å². The summed E-state index contributed by atoms with van der Waals surface area (Å²) in [4.78, 5) is 36.4. The van der Waals surface area contributed by atoms with Crippen molar-refractivity contribution in [3.05, 3.63) is 57.7 Å². The lowest BCUT2D eigenvalue weighted by Crippen LogP contribution is -2.31. The average molecular weight is 406 g/mol. The lowest BCUT2D eigenvalue weighted by molar-refractivity contribution is -0.138. The second-order valence-electron chi connectivity index (χ2n) is 4.84. The highest BCUT2D eigenvalue weighted by Gasteiger charge is 2.39. The largest absolute Gasteiger partial charge is 0.325 e. The van der Waals surface area contributed by atoms with E-state index >= 15 is 0 Å². The number of anilines is 2. The fraction of sp³-hybridized carbons (Fsp3) is 0.0625. The SMILES string of the molecule is O=C(Nc1cccc(I)c1)C(=O)[C@H]1C(=O)Nc2ccccc21. The first-order valence-electron chi connectivity index (χ1n) is 6.57. The standard InChI is InChI=1S/C16H11IN2O3/c17-9-4-3-5-10(8-9)18-16(22)14(20)13-11-6-1-2-7-12(11)19-15(13)21/h1-8,13H,(H,18,22)(H,19,21)/t13-/m0/s1. The quantitative estimate of drug-likeness (QED) is 0.468. The lowest BCUT2D eigenvalue weighted by atomic mass is 9.95. The molecule has 2 amide bonds. The highest BCUT2D eigenvalue weighted by Crippen LogP contribution is 2.32. The molecule has 0 spiro atoms. The summed E-state index contributed by atoms with van der Waals surface area (Å²) in [5.74, 6) is -3.11. The van der Waals surface area contributed by atoms with E-state index in [0.717, 1.165) is 3.57 Å². The van der Waals surface area contributed by atoms with Gasteiger partial charge in [-0.1, -0.05) is 24.3 Å². The molecular weight excluding hydrogens is 395 g/mol. The van der Waals surface area contributed by atoms with Crippen LogP contribution in [0.3, 0.4) is 0 Å². The van der Waals surface area contributed by atoms with E-state index in [4.69, 9.17) is 0 Å². The van der Waals surface area contributed by atoms with Crippen molar-refractivity contribution in [2.45, 2.75) is 5.92 Å². The molecule has 5 nitrogen and oxygen atoms in total. The number of ketones is 1. The Morgan fingerprint density at radius 3 is 2.64 bits per heavy atom. The fourth-order valence-corrected chi connectivity index (χ4v) is 2.90. The van der Waals surface area contributed by atoms with Gasteiger partial charge < -0.3 is 10.6 Å². The van der Waals surface area contributed by atoms with Crippen molar-refractivity contribution < 1.29 is 14.4 Å². The van der Waals surface area contributed by atoms with E-state index in [1.165, 1.54) is 0 Å². The molecule has 0 aromatic heterocycles. The van der Waals surface area contributed by atoms with E-state index in [2.05, 4.69) is 33.2 Å². The first-order chi connectivity index (χ1) is 10.6. The van der Waals surface area contributed by atoms with Gasteiger partial charge in [0.1, 0.15) is 5.92 Å². The Morgan fingerprint density at radius 2 is 1.86 bits per heavy atom. The van der Waals surface area contributed by atoms with Crippen LogP contribution in [0.4, 0.5) is 11.4 Å². The smallest absolute Gasteiger partial charge is 0.292 e. The molecule has 3 rings (SSSR count). The van der Waals surface area contributed by atoms with Crippen LogP contribution in [-0.2, 0) is 14.4 Å². The molecule has 0 saturated heterocycles. The number of Topliss-reactive ketones (excluding diaryl/α,β-unsaturated/α-hetero) is 1. The predicted octanol–water partition coefficient (Wildman–Crippen LogP) is 2.53. The zero-order valence-corrected chi connectivity index (χ0v) is 13.5. The van der Waals surface area contributed by atoms with Gasteiger partial charge in [0.05, 0.1) is 0 Å². The number of fused-ring (bicyclic) bond motifs is 1. The Bertz CT molecular complexity index is 788. The van der Waals surface area contributed by atoms with Crippen molar-refractivity contribution in [2.75, 3.05) is 10.6 Å². The number of rotatable bonds is 3. The lowest BCUT2D eigenvalue weighted by Gasteiger charge is -2.09. The second-order valence-corrected chi connectivity index (χ2v) is 6.08. The van der Waals surface area contributed by atoms with E-state index in [0.29, 0.717) is 16.9 Å². The molecule has 2 aromatic carbocycles. The first kappa shape index (κ1) is 14.7. The van der Waals surface area contributed by atoms with Gasteiger partial charge in [0.2, 0.25) is 11.7 Å². The van der Waals surface area contributed by atoms with Gasteiger partial charge in [-0.3, -0.25) is 14.4 Å². The number of nitrogens with one attached hydrogen (secondary N) is 2. The molecule has 2 aromatic rings. The van der Waals surface area contributed by atoms with Crippen molar-refractivity contribution in [3.8, 4) is 0 Å². The third kappa shape index (κ3) is 2.74. The van der Waals surface area contributed by atoms with E-state index in [1.54, 1.807) is 42.5 Å². The van der Waals surface area contributed by atoms with Gasteiger partial charge in [-0.2, -0.15) is 0 Å². The molecule has 0 saturated carbocycles. The van der Waals surface area contributed by atoms with Gasteiger partial charge >= 0.3 is 0 Å². The van der Waals surface area contributed by atoms with Crippen LogP contribution in [0.5, 0.6) is 0 Å². The minimum absolute atomic E-state index is 0.469. The zero-order chi connectivity index (χ0) is 15.7. The van der Waals surface area contributed by atoms with Crippen molar-refractivity contribution in [1.82, 2.24) is 0 Å². The molecular formula is C16H11IN2O3. The van der Waals surface area contributed by atoms with Crippen molar-refractivity contribution in [1.29, 1.82) is 0 Å². The summed E-state index contributed by atoms with van der Waals surface area (Å²) in [5.41, 5.74) is 1.64. The normalized spacial score (nSPS) is 15.9. The van der Waals surface area contributed by atoms with Gasteiger partial charge in [-0.15, -0.1) is 0 Å². The summed E-state index contributed by atoms with van der Waals surface area (Å²) in [6.07, 6.45) is 0. The summed E-state index contributed by atoms with van der Waals surface area (Å²) in [7, 11) is 0. The highest BCUT2D eigenvalue weighted by atomic mass is 127. The van der Waals surface area contributed by atoms with Crippen LogP contribution in [0.1, 0.15) is 11.5 Å². The van der Waals surface area contributed by atoms with Crippen LogP contribution in [0, 0.1) is 3.57 Å². The van der Waals surface area contributed by atoms with Crippen LogP contribution in [0.15, 0.2) is 48.5 Å². The summed E-state index contributed by atoms with van der Waals surface area (Å²) in [6, 6.07) is 14.0. The molecule has 0 unspecified atom stereocenters. The molecule has 1 heterocycles. The van der Waals surface area contributed by atoms with Gasteiger partial charge in [0.25, 0.3) is 5.91 Å². The molecule has 0 radical (unpaired) electrons. The molecule has 1 aliphatic rings. The van der Waals surface area contributed by atoms with Crippen molar-refractivity contribution >= 4 is 51.6 Å². The maximum atomic E-state index is 12.3. The molecule has 22 heavy (non-hydrogen) atoms. The number of benzene rings is 2. The van der Waals surface area contributed by atoms with Gasteiger partial charge in [0.15, 0.2) is 0 Å². The van der Waals surface area contributed by atoms with E-state index in [-0.39, 0.29) is 0 Å². The minimum Gasteiger partial charge on any atom is -0.325 e. The van der Waals surface area contributed by atoms with Crippen LogP contribution in [0.2, 0.25) is 0 Å². The third-order valence-corrected chi connectivity index (χ3v) is 4.03. The van der Waals surface area contributed by atoms with Crippen LogP contribution in [-0.4, -0.2) is 17.6 Å². The molecule has 0 aliphatic carbocycles. The third-order valence-electron chi connectivity index (χ3n) is 3.36. The second kappa shape index (κ2) is 5.88. The Balaban J connectivity index is 1.82. The average Bonchev–Trinajstić information content (AvgIpc) is 2.82. The minimum atomic E-state index is -1.08. The summed E-state index contributed by atoms with van der Waals surface area (Å²) >= 11 is 2.11. The Labute approximate surface area is 140 Å². The summed E-state index contributed by atoms with van der Waals surface area (Å²) in [6.45, 7) is 0. The monoisotopic (exact) mass is 406 g/mol. The van der Waals surface area contributed by atoms with E-state index in [1.807, 2.05) is 6.07 Å². The molecule has 0 bridgehead atoms. The maximum absolute atomic E-state index is 12.3. The van der Waals surface area contributed by atoms with Crippen molar-refractivity contribution in [3.63, 3.8) is 0 Å². The van der Waals surface area contributed by atoms with E-state index in [9.17, 15) is 14.4 Å². The molecule has 1 atom stereocenters. The summed E-state index contributed by atoms with van der Waals surface area (Å²) < 4.78 is 0.937. The van der Waals surface area contributed by atoms with Gasteiger partial charge in [-0.25, -0.2) is 0 Å². The molecule has 6 heteroatoms. The summed E-state index contributed by atoms with van der Waals surface area (Å²) in [5, 5.41) is 5.15. The Hall–Kier alpha value is -2.22. The maximum Gasteiger partial charge on any atom is 0.292 e. The molecule has 110 valence electrons. The Kier molecular flexibility index (Phi) is 3.93. The van der Waals surface area contributed by atoms with Gasteiger partial charge in [-0.05, 0) is 52.4 Å². The molecule has 1 aliphatic heterocycles. The number of carbonyl (C=O) groups excluding carboxylic acids is 3. The topological polar surface area (TPSA) is 75.3 Å². The fourth-order valence-electron chi connectivity index (χ4n) is 2.36. The molecule has 0 fully saturated rings. The number of amides is 2. The number of carbonyl (C=O) groups is 3. The number of para-hydroxylation sites is 1. The molecule has 2 N–H and O–H groups in total. The predicted molar refractivity (Wildman–Crippen MR) is 90.6 cm³/mol. The zero-order valence-electron chi connectivity index (χ0n) is 11.3. The van der Waals surface area contributed by atoms with Crippen LogP contribution < -0.4 is 10.6 Å². The Morgan fingerprint density at radius 1 is 1.09 bits per heavy atom. The number of hydrogen-bond donors (Lipinski definition) is 2. The van der Waals surface area contributed by atoms with Crippen molar-refractivity contribution in [2.24, 2.45) is 0 Å². The van der Waals surface area contributed by atoms with Gasteiger partial charge in [0, 0.05) is 14.9 Å². The van der Waals surface area contributed by atoms with Crippen LogP contribution in [0.25, 0.3) is 0 Å². The number of hydrogen-bond acceptors (Lipinski definition) is 3. The number of halogens is 1. The highest BCUT2D eigenvalue weighted by molar-refractivity contribution is 14.1.